The maximum absolute atomic E-state index is 13.4. The molecule has 5 atom stereocenters. The number of fused-ring (bicyclic) bond motifs is 2. The Labute approximate surface area is 203 Å². The van der Waals surface area contributed by atoms with Crippen LogP contribution in [0.25, 0.3) is 0 Å². The van der Waals surface area contributed by atoms with Gasteiger partial charge in [-0.1, -0.05) is 0 Å². The summed E-state index contributed by atoms with van der Waals surface area (Å²) in [7, 11) is 1.64. The Hall–Kier alpha value is -3.07. The molecule has 0 radical (unpaired) electrons. The zero-order valence-electron chi connectivity index (χ0n) is 20.2. The number of anilines is 1. The molecule has 2 amide bonds. The predicted molar refractivity (Wildman–Crippen MR) is 126 cm³/mol. The Balaban J connectivity index is 1.38. The van der Waals surface area contributed by atoms with E-state index in [0.717, 1.165) is 38.2 Å². The smallest absolute Gasteiger partial charge is 0.294 e. The molecule has 2 heterocycles. The van der Waals surface area contributed by atoms with Crippen molar-refractivity contribution in [2.45, 2.75) is 64.0 Å². The van der Waals surface area contributed by atoms with Crippen LogP contribution < -0.4 is 10.6 Å². The molecule has 0 spiro atoms. The van der Waals surface area contributed by atoms with Crippen LogP contribution in [0.1, 0.15) is 70.6 Å². The molecule has 3 fully saturated rings. The second-order valence-electron chi connectivity index (χ2n) is 10.7. The van der Waals surface area contributed by atoms with Crippen LogP contribution in [0.5, 0.6) is 0 Å². The van der Waals surface area contributed by atoms with Gasteiger partial charge in [0, 0.05) is 36.2 Å². The molecule has 3 saturated carbocycles. The fourth-order valence-electron chi connectivity index (χ4n) is 7.03. The lowest BCUT2D eigenvalue weighted by molar-refractivity contribution is -0.126. The molecule has 8 nitrogen and oxygen atoms in total. The van der Waals surface area contributed by atoms with E-state index in [0.29, 0.717) is 35.4 Å². The van der Waals surface area contributed by atoms with Gasteiger partial charge in [-0.2, -0.15) is 4.39 Å². The van der Waals surface area contributed by atoms with Gasteiger partial charge in [0.15, 0.2) is 0 Å². The molecule has 3 aliphatic rings. The molecule has 0 aliphatic heterocycles. The van der Waals surface area contributed by atoms with E-state index < -0.39 is 35.2 Å². The number of carbonyl (C=O) groups excluding carboxylic acids is 3. The summed E-state index contributed by atoms with van der Waals surface area (Å²) in [5.41, 5.74) is 1.00. The molecule has 186 valence electrons. The van der Waals surface area contributed by atoms with E-state index in [4.69, 9.17) is 0 Å². The van der Waals surface area contributed by atoms with Gasteiger partial charge in [-0.25, -0.2) is 4.98 Å². The molecule has 3 bridgehead atoms. The first-order valence-electron chi connectivity index (χ1n) is 12.2. The summed E-state index contributed by atoms with van der Waals surface area (Å²) in [5, 5.41) is 16.4. The second kappa shape index (κ2) is 8.55. The van der Waals surface area contributed by atoms with Crippen LogP contribution >= 0.6 is 0 Å². The number of hydrogen-bond donors (Lipinski definition) is 3. The minimum Gasteiger partial charge on any atom is -0.393 e. The molecule has 2 aromatic heterocycles. The number of nitrogens with zero attached hydrogens (tertiary/aromatic N) is 2. The highest BCUT2D eigenvalue weighted by atomic mass is 19.1. The molecule has 3 aliphatic carbocycles. The van der Waals surface area contributed by atoms with Gasteiger partial charge in [0.1, 0.15) is 0 Å². The van der Waals surface area contributed by atoms with E-state index in [2.05, 4.69) is 15.6 Å². The first-order valence-corrected chi connectivity index (χ1v) is 12.2. The van der Waals surface area contributed by atoms with Crippen LogP contribution in [0.4, 0.5) is 10.1 Å². The quantitative estimate of drug-likeness (QED) is 0.344. The van der Waals surface area contributed by atoms with Crippen molar-refractivity contribution < 1.29 is 23.9 Å². The number of pyridine rings is 1. The van der Waals surface area contributed by atoms with E-state index in [1.165, 1.54) is 12.3 Å². The number of carbonyl (C=O) groups is 3. The second-order valence-corrected chi connectivity index (χ2v) is 10.7. The van der Waals surface area contributed by atoms with E-state index >= 15 is 0 Å². The Morgan fingerprint density at radius 2 is 1.97 bits per heavy atom. The number of amides is 2. The molecule has 5 rings (SSSR count). The van der Waals surface area contributed by atoms with Crippen molar-refractivity contribution in [1.29, 1.82) is 0 Å². The lowest BCUT2D eigenvalue weighted by atomic mass is 9.53. The molecular weight excluding hydrogens is 451 g/mol. The van der Waals surface area contributed by atoms with Crippen LogP contribution in [0.2, 0.25) is 0 Å². The van der Waals surface area contributed by atoms with E-state index in [-0.39, 0.29) is 16.9 Å². The van der Waals surface area contributed by atoms with Crippen LogP contribution in [0.15, 0.2) is 18.3 Å². The molecule has 0 saturated heterocycles. The van der Waals surface area contributed by atoms with Crippen molar-refractivity contribution >= 4 is 23.3 Å². The van der Waals surface area contributed by atoms with Gasteiger partial charge in [-0.05, 0) is 81.8 Å². The first-order chi connectivity index (χ1) is 16.6. The summed E-state index contributed by atoms with van der Waals surface area (Å²) in [6, 6.07) is 2.57. The predicted octanol–water partition coefficient (Wildman–Crippen LogP) is 3.06. The lowest BCUT2D eigenvalue weighted by Crippen LogP contribution is -2.62. The highest BCUT2D eigenvalue weighted by molar-refractivity contribution is 6.43. The van der Waals surface area contributed by atoms with Crippen LogP contribution in [-0.2, 0) is 11.8 Å². The normalized spacial score (nSPS) is 29.1. The van der Waals surface area contributed by atoms with Crippen molar-refractivity contribution in [3.8, 4) is 0 Å². The summed E-state index contributed by atoms with van der Waals surface area (Å²) in [4.78, 5) is 43.1. The molecule has 2 aromatic rings. The van der Waals surface area contributed by atoms with Gasteiger partial charge in [0.05, 0.1) is 17.4 Å². The number of nitrogens with one attached hydrogen (secondary N) is 2. The van der Waals surface area contributed by atoms with Crippen molar-refractivity contribution in [2.75, 3.05) is 5.32 Å². The van der Waals surface area contributed by atoms with Gasteiger partial charge in [0.2, 0.25) is 5.95 Å². The SMILES string of the molecule is Cc1c(C(=O)Nc2ccnc(F)c2)c(C)n(C)c1C(=O)C(=O)NC12CC3CCC(C(O)C1)C(C3)C2. The van der Waals surface area contributed by atoms with Gasteiger partial charge >= 0.3 is 0 Å². The zero-order valence-corrected chi connectivity index (χ0v) is 20.2. The minimum absolute atomic E-state index is 0.146. The van der Waals surface area contributed by atoms with E-state index in [1.807, 2.05) is 0 Å². The number of aliphatic hydroxyl groups is 1. The van der Waals surface area contributed by atoms with Gasteiger partial charge in [-0.15, -0.1) is 0 Å². The van der Waals surface area contributed by atoms with Crippen LogP contribution in [0, 0.1) is 37.5 Å². The standard InChI is InChI=1S/C26H31FN4O4/c1-13-21(24(34)29-17-6-7-28-20(27)9-17)14(2)31(3)22(13)23(33)25(35)30-26-10-15-4-5-18(19(32)12-26)16(8-15)11-26/h6-7,9,15-16,18-19,32H,4-5,8,10-12H2,1-3H3,(H,30,35)(H,28,29,34). The molecule has 35 heavy (non-hydrogen) atoms. The maximum atomic E-state index is 13.4. The molecule has 9 heteroatoms. The maximum Gasteiger partial charge on any atom is 0.294 e. The van der Waals surface area contributed by atoms with Gasteiger partial charge in [0.25, 0.3) is 17.6 Å². The number of ketones is 1. The topological polar surface area (TPSA) is 113 Å². The largest absolute Gasteiger partial charge is 0.393 e. The number of halogens is 1. The number of aromatic nitrogens is 2. The summed E-state index contributed by atoms with van der Waals surface area (Å²) >= 11 is 0. The third-order valence-electron chi connectivity index (χ3n) is 8.52. The Morgan fingerprint density at radius 3 is 2.71 bits per heavy atom. The zero-order chi connectivity index (χ0) is 25.1. The van der Waals surface area contributed by atoms with Crippen molar-refractivity contribution in [3.63, 3.8) is 0 Å². The van der Waals surface area contributed by atoms with Crippen molar-refractivity contribution in [1.82, 2.24) is 14.9 Å². The average molecular weight is 483 g/mol. The Kier molecular flexibility index (Phi) is 5.78. The first kappa shape index (κ1) is 23.7. The highest BCUT2D eigenvalue weighted by Crippen LogP contribution is 2.54. The average Bonchev–Trinajstić information content (AvgIpc) is 3.00. The lowest BCUT2D eigenvalue weighted by Gasteiger charge is -2.56. The van der Waals surface area contributed by atoms with Crippen molar-refractivity contribution in [2.24, 2.45) is 24.8 Å². The fraction of sp³-hybridized carbons (Fsp3) is 0.538. The molecule has 0 aromatic carbocycles. The van der Waals surface area contributed by atoms with Gasteiger partial charge < -0.3 is 20.3 Å². The van der Waals surface area contributed by atoms with Crippen LogP contribution in [-0.4, -0.2) is 43.9 Å². The van der Waals surface area contributed by atoms with E-state index in [1.54, 1.807) is 25.5 Å². The third kappa shape index (κ3) is 4.05. The minimum atomic E-state index is -0.720. The van der Waals surface area contributed by atoms with Crippen LogP contribution in [0.3, 0.4) is 0 Å². The Morgan fingerprint density at radius 1 is 1.20 bits per heavy atom. The summed E-state index contributed by atoms with van der Waals surface area (Å²) in [5.74, 6) is -1.44. The number of aliphatic hydroxyl groups excluding tert-OH is 1. The molecular formula is C26H31FN4O4. The number of rotatable bonds is 5. The Bertz CT molecular complexity index is 1210. The molecule has 3 N–H and O–H groups in total. The third-order valence-corrected chi connectivity index (χ3v) is 8.52. The monoisotopic (exact) mass is 482 g/mol. The summed E-state index contributed by atoms with van der Waals surface area (Å²) in [6.45, 7) is 3.33. The highest BCUT2D eigenvalue weighted by Gasteiger charge is 2.53. The fourth-order valence-corrected chi connectivity index (χ4v) is 7.03. The summed E-state index contributed by atoms with van der Waals surface area (Å²) in [6.07, 6.45) is 6.03. The van der Waals surface area contributed by atoms with Crippen molar-refractivity contribution in [3.05, 3.63) is 46.8 Å². The summed E-state index contributed by atoms with van der Waals surface area (Å²) < 4.78 is 15.0. The van der Waals surface area contributed by atoms with E-state index in [9.17, 15) is 23.9 Å². The number of hydrogen-bond acceptors (Lipinski definition) is 5. The number of Topliss-reactive ketones (excluding diaryl/α,β-unsaturated/α-hetero) is 1. The molecule has 5 unspecified atom stereocenters. The van der Waals surface area contributed by atoms with Gasteiger partial charge in [-0.3, -0.25) is 14.4 Å².